The van der Waals surface area contributed by atoms with Gasteiger partial charge in [-0.15, -0.1) is 0 Å². The van der Waals surface area contributed by atoms with Crippen molar-refractivity contribution in [3.63, 3.8) is 0 Å². The van der Waals surface area contributed by atoms with Gasteiger partial charge in [0.15, 0.2) is 0 Å². The molecule has 1 atom stereocenters. The van der Waals surface area contributed by atoms with Gasteiger partial charge in [-0.25, -0.2) is 14.8 Å². The molecular weight excluding hydrogens is 398 g/mol. The minimum atomic E-state index is -0.799. The van der Waals surface area contributed by atoms with Crippen LogP contribution in [0.4, 0.5) is 5.95 Å². The van der Waals surface area contributed by atoms with E-state index in [0.29, 0.717) is 32.3 Å². The molecule has 0 aromatic carbocycles. The molecule has 9 nitrogen and oxygen atoms in total. The fourth-order valence-corrected chi connectivity index (χ4v) is 4.06. The van der Waals surface area contributed by atoms with Gasteiger partial charge in [-0.05, 0) is 25.8 Å². The van der Waals surface area contributed by atoms with Gasteiger partial charge in [-0.3, -0.25) is 9.78 Å². The quantitative estimate of drug-likeness (QED) is 0.539. The number of morpholine rings is 1. The molecule has 164 valence electrons. The van der Waals surface area contributed by atoms with Crippen LogP contribution in [-0.4, -0.2) is 77.7 Å². The number of amides is 1. The number of rotatable bonds is 4. The summed E-state index contributed by atoms with van der Waals surface area (Å²) in [6.45, 7) is 5.61. The van der Waals surface area contributed by atoms with Crippen LogP contribution >= 0.6 is 0 Å². The van der Waals surface area contributed by atoms with Crippen LogP contribution in [0.25, 0.3) is 11.1 Å². The Morgan fingerprint density at radius 1 is 1.23 bits per heavy atom. The van der Waals surface area contributed by atoms with Crippen molar-refractivity contribution in [1.29, 1.82) is 0 Å². The zero-order valence-corrected chi connectivity index (χ0v) is 17.7. The molecule has 0 N–H and O–H groups in total. The maximum absolute atomic E-state index is 12.5. The third-order valence-electron chi connectivity index (χ3n) is 5.62. The van der Waals surface area contributed by atoms with Gasteiger partial charge < -0.3 is 19.3 Å². The molecule has 0 bridgehead atoms. The number of anilines is 1. The third kappa shape index (κ3) is 4.82. The van der Waals surface area contributed by atoms with Gasteiger partial charge in [0.2, 0.25) is 5.95 Å². The summed E-state index contributed by atoms with van der Waals surface area (Å²) < 4.78 is 10.4. The maximum Gasteiger partial charge on any atom is 0.397 e. The standard InChI is InChI=1S/C22H27N5O4/c1-2-31-21(29)20(28)27-8-4-6-17(15-27)19-18(16-5-3-7-23-13-16)14-24-22(25-19)26-9-11-30-12-10-26/h3,5,7,13-14,17H,2,4,6,8-12,15H2,1H3. The van der Waals surface area contributed by atoms with Crippen LogP contribution in [0, 0.1) is 0 Å². The molecule has 1 amide bonds. The van der Waals surface area contributed by atoms with Crippen molar-refractivity contribution in [3.8, 4) is 11.1 Å². The third-order valence-corrected chi connectivity index (χ3v) is 5.62. The molecule has 2 aliphatic heterocycles. The molecule has 4 rings (SSSR count). The Morgan fingerprint density at radius 2 is 2.06 bits per heavy atom. The SMILES string of the molecule is CCOC(=O)C(=O)N1CCCC(c2nc(N3CCOCC3)ncc2-c2cccnc2)C1. The summed E-state index contributed by atoms with van der Waals surface area (Å²) in [5.74, 6) is -0.728. The van der Waals surface area contributed by atoms with Crippen molar-refractivity contribution in [1.82, 2.24) is 19.9 Å². The fourth-order valence-electron chi connectivity index (χ4n) is 4.06. The predicted molar refractivity (Wildman–Crippen MR) is 113 cm³/mol. The van der Waals surface area contributed by atoms with Gasteiger partial charge >= 0.3 is 11.9 Å². The Kier molecular flexibility index (Phi) is 6.71. The number of hydrogen-bond donors (Lipinski definition) is 0. The molecule has 2 saturated heterocycles. The molecule has 2 fully saturated rings. The number of esters is 1. The smallest absolute Gasteiger partial charge is 0.397 e. The van der Waals surface area contributed by atoms with Gasteiger partial charge in [0.05, 0.1) is 25.5 Å². The lowest BCUT2D eigenvalue weighted by Gasteiger charge is -2.33. The Labute approximate surface area is 181 Å². The zero-order valence-electron chi connectivity index (χ0n) is 17.7. The number of carbonyl (C=O) groups is 2. The van der Waals surface area contributed by atoms with Crippen LogP contribution in [0.5, 0.6) is 0 Å². The van der Waals surface area contributed by atoms with Crippen LogP contribution in [0.15, 0.2) is 30.7 Å². The molecule has 0 spiro atoms. The van der Waals surface area contributed by atoms with Crippen molar-refractivity contribution in [2.45, 2.75) is 25.7 Å². The van der Waals surface area contributed by atoms with E-state index in [9.17, 15) is 9.59 Å². The molecule has 2 aromatic heterocycles. The zero-order chi connectivity index (χ0) is 21.6. The molecule has 9 heteroatoms. The molecular formula is C22H27N5O4. The van der Waals surface area contributed by atoms with Gasteiger partial charge in [0.25, 0.3) is 0 Å². The predicted octanol–water partition coefficient (Wildman–Crippen LogP) is 1.64. The monoisotopic (exact) mass is 425 g/mol. The van der Waals surface area contributed by atoms with Gasteiger partial charge in [0.1, 0.15) is 0 Å². The van der Waals surface area contributed by atoms with Crippen molar-refractivity contribution in [2.75, 3.05) is 50.9 Å². The second-order valence-electron chi connectivity index (χ2n) is 7.62. The largest absolute Gasteiger partial charge is 0.459 e. The second kappa shape index (κ2) is 9.82. The van der Waals surface area contributed by atoms with Crippen LogP contribution in [-0.2, 0) is 19.1 Å². The highest BCUT2D eigenvalue weighted by molar-refractivity contribution is 6.32. The summed E-state index contributed by atoms with van der Waals surface area (Å²) in [4.78, 5) is 42.0. The molecule has 2 aliphatic rings. The van der Waals surface area contributed by atoms with Crippen LogP contribution in [0.1, 0.15) is 31.4 Å². The highest BCUT2D eigenvalue weighted by Gasteiger charge is 2.32. The molecule has 4 heterocycles. The first-order valence-electron chi connectivity index (χ1n) is 10.7. The highest BCUT2D eigenvalue weighted by atomic mass is 16.5. The van der Waals surface area contributed by atoms with E-state index in [-0.39, 0.29) is 12.5 Å². The Bertz CT molecular complexity index is 917. The van der Waals surface area contributed by atoms with Crippen molar-refractivity contribution in [2.24, 2.45) is 0 Å². The lowest BCUT2D eigenvalue weighted by Crippen LogP contribution is -2.43. The van der Waals surface area contributed by atoms with E-state index in [4.69, 9.17) is 14.5 Å². The van der Waals surface area contributed by atoms with Gasteiger partial charge in [-0.1, -0.05) is 6.07 Å². The van der Waals surface area contributed by atoms with Crippen LogP contribution < -0.4 is 4.90 Å². The summed E-state index contributed by atoms with van der Waals surface area (Å²) in [6.07, 6.45) is 7.03. The first-order chi connectivity index (χ1) is 15.2. The average Bonchev–Trinajstić information content (AvgIpc) is 2.84. The number of ether oxygens (including phenoxy) is 2. The Balaban J connectivity index is 1.65. The van der Waals surface area contributed by atoms with Gasteiger partial charge in [-0.2, -0.15) is 0 Å². The van der Waals surface area contributed by atoms with Crippen molar-refractivity contribution >= 4 is 17.8 Å². The summed E-state index contributed by atoms with van der Waals surface area (Å²) in [5.41, 5.74) is 2.71. The molecule has 2 aromatic rings. The lowest BCUT2D eigenvalue weighted by molar-refractivity contribution is -0.160. The van der Waals surface area contributed by atoms with Crippen LogP contribution in [0.2, 0.25) is 0 Å². The van der Waals surface area contributed by atoms with E-state index in [0.717, 1.165) is 42.8 Å². The van der Waals surface area contributed by atoms with E-state index < -0.39 is 11.9 Å². The number of piperidine rings is 1. The molecule has 0 radical (unpaired) electrons. The maximum atomic E-state index is 12.5. The summed E-state index contributed by atoms with van der Waals surface area (Å²) in [5, 5.41) is 0. The number of likely N-dealkylation sites (tertiary alicyclic amines) is 1. The number of nitrogens with zero attached hydrogens (tertiary/aromatic N) is 5. The first kappa shape index (κ1) is 21.2. The second-order valence-corrected chi connectivity index (χ2v) is 7.62. The summed E-state index contributed by atoms with van der Waals surface area (Å²) in [6, 6.07) is 3.86. The Hall–Kier alpha value is -3.07. The van der Waals surface area contributed by atoms with Crippen molar-refractivity contribution < 1.29 is 19.1 Å². The molecule has 31 heavy (non-hydrogen) atoms. The topological polar surface area (TPSA) is 97.8 Å². The minimum Gasteiger partial charge on any atom is -0.459 e. The highest BCUT2D eigenvalue weighted by Crippen LogP contribution is 2.34. The molecule has 0 saturated carbocycles. The normalized spacial score (nSPS) is 19.2. The van der Waals surface area contributed by atoms with E-state index in [2.05, 4.69) is 14.9 Å². The number of aromatic nitrogens is 3. The van der Waals surface area contributed by atoms with E-state index >= 15 is 0 Å². The number of carbonyl (C=O) groups excluding carboxylic acids is 2. The minimum absolute atomic E-state index is 0.00915. The average molecular weight is 425 g/mol. The van der Waals surface area contributed by atoms with Crippen molar-refractivity contribution in [3.05, 3.63) is 36.4 Å². The first-order valence-corrected chi connectivity index (χ1v) is 10.7. The van der Waals surface area contributed by atoms with E-state index in [1.54, 1.807) is 24.2 Å². The van der Waals surface area contributed by atoms with Crippen LogP contribution in [0.3, 0.4) is 0 Å². The number of hydrogen-bond acceptors (Lipinski definition) is 8. The summed E-state index contributed by atoms with van der Waals surface area (Å²) >= 11 is 0. The fraction of sp³-hybridized carbons (Fsp3) is 0.500. The number of pyridine rings is 1. The molecule has 1 unspecified atom stereocenters. The lowest BCUT2D eigenvalue weighted by atomic mass is 9.90. The summed E-state index contributed by atoms with van der Waals surface area (Å²) in [7, 11) is 0. The van der Waals surface area contributed by atoms with E-state index in [1.807, 2.05) is 18.3 Å². The Morgan fingerprint density at radius 3 is 2.81 bits per heavy atom. The van der Waals surface area contributed by atoms with Gasteiger partial charge in [0, 0.05) is 61.8 Å². The van der Waals surface area contributed by atoms with E-state index in [1.165, 1.54) is 0 Å². The molecule has 0 aliphatic carbocycles.